The van der Waals surface area contributed by atoms with Gasteiger partial charge in [-0.3, -0.25) is 0 Å². The van der Waals surface area contributed by atoms with Gasteiger partial charge in [0.05, 0.1) is 21.2 Å². The van der Waals surface area contributed by atoms with Crippen molar-refractivity contribution in [3.8, 4) is 22.9 Å². The van der Waals surface area contributed by atoms with Gasteiger partial charge < -0.3 is 4.42 Å². The third-order valence-electron chi connectivity index (χ3n) is 2.69. The molecule has 0 N–H and O–H groups in total. The van der Waals surface area contributed by atoms with Crippen molar-refractivity contribution in [2.75, 3.05) is 0 Å². The lowest BCUT2D eigenvalue weighted by atomic mass is 10.2. The Morgan fingerprint density at radius 1 is 0.750 bits per heavy atom. The summed E-state index contributed by atoms with van der Waals surface area (Å²) in [6.45, 7) is 0. The van der Waals surface area contributed by atoms with Crippen LogP contribution in [0.3, 0.4) is 0 Å². The highest BCUT2D eigenvalue weighted by Crippen LogP contribution is 2.33. The molecule has 0 atom stereocenters. The minimum absolute atomic E-state index is 0.299. The minimum atomic E-state index is 0.299. The minimum Gasteiger partial charge on any atom is -0.416 e. The van der Waals surface area contributed by atoms with Gasteiger partial charge in [-0.2, -0.15) is 0 Å². The molecule has 0 amide bonds. The summed E-state index contributed by atoms with van der Waals surface area (Å²) in [5.41, 5.74) is 1.26. The maximum atomic E-state index is 6.10. The summed E-state index contributed by atoms with van der Waals surface area (Å²) in [6.07, 6.45) is 0. The van der Waals surface area contributed by atoms with Crippen LogP contribution in [0.5, 0.6) is 0 Å². The molecule has 3 rings (SSSR count). The number of hydrogen-bond acceptors (Lipinski definition) is 3. The monoisotopic (exact) mass is 324 g/mol. The molecule has 0 fully saturated rings. The zero-order valence-electron chi connectivity index (χ0n) is 9.98. The first-order chi connectivity index (χ1) is 9.65. The molecule has 1 heterocycles. The van der Waals surface area contributed by atoms with Crippen molar-refractivity contribution in [3.05, 3.63) is 57.5 Å². The predicted molar refractivity (Wildman–Crippen MR) is 80.2 cm³/mol. The summed E-state index contributed by atoms with van der Waals surface area (Å²) in [5.74, 6) is 0.633. The molecule has 0 unspecified atom stereocenters. The molecule has 0 aliphatic rings. The van der Waals surface area contributed by atoms with Gasteiger partial charge in [0.25, 0.3) is 0 Å². The Hall–Kier alpha value is -1.55. The Labute approximate surface area is 130 Å². The Kier molecular flexibility index (Phi) is 3.66. The summed E-state index contributed by atoms with van der Waals surface area (Å²) in [7, 11) is 0. The fourth-order valence-electron chi connectivity index (χ4n) is 1.74. The van der Waals surface area contributed by atoms with Gasteiger partial charge in [-0.1, -0.05) is 46.9 Å². The van der Waals surface area contributed by atoms with Gasteiger partial charge in [0.2, 0.25) is 11.8 Å². The Balaban J connectivity index is 2.07. The van der Waals surface area contributed by atoms with Crippen LogP contribution in [-0.2, 0) is 0 Å². The molecule has 1 aromatic heterocycles. The standard InChI is InChI=1S/C14H7Cl3N2O/c15-8-5-6-12(17)10(7-8)14-19-18-13(20-14)9-3-1-2-4-11(9)16/h1-7H. The maximum Gasteiger partial charge on any atom is 0.249 e. The zero-order valence-corrected chi connectivity index (χ0v) is 12.2. The molecule has 2 aromatic carbocycles. The number of aromatic nitrogens is 2. The summed E-state index contributed by atoms with van der Waals surface area (Å²) in [5, 5.41) is 9.55. The lowest BCUT2D eigenvalue weighted by molar-refractivity contribution is 0.584. The topological polar surface area (TPSA) is 38.9 Å². The van der Waals surface area contributed by atoms with Gasteiger partial charge >= 0.3 is 0 Å². The lowest BCUT2D eigenvalue weighted by Crippen LogP contribution is -1.79. The molecule has 3 nitrogen and oxygen atoms in total. The molecule has 6 heteroatoms. The molecular formula is C14H7Cl3N2O. The summed E-state index contributed by atoms with van der Waals surface area (Å²) in [6, 6.07) is 12.3. The van der Waals surface area contributed by atoms with E-state index >= 15 is 0 Å². The van der Waals surface area contributed by atoms with Crippen molar-refractivity contribution < 1.29 is 4.42 Å². The van der Waals surface area contributed by atoms with E-state index in [1.54, 1.807) is 30.3 Å². The van der Waals surface area contributed by atoms with Crippen molar-refractivity contribution in [2.45, 2.75) is 0 Å². The smallest absolute Gasteiger partial charge is 0.249 e. The molecule has 20 heavy (non-hydrogen) atoms. The van der Waals surface area contributed by atoms with Crippen molar-refractivity contribution in [3.63, 3.8) is 0 Å². The van der Waals surface area contributed by atoms with Crippen molar-refractivity contribution in [2.24, 2.45) is 0 Å². The van der Waals surface area contributed by atoms with Gasteiger partial charge in [0.1, 0.15) is 0 Å². The maximum absolute atomic E-state index is 6.10. The fourth-order valence-corrected chi connectivity index (χ4v) is 2.32. The van der Waals surface area contributed by atoms with Gasteiger partial charge in [-0.25, -0.2) is 0 Å². The molecule has 0 saturated carbocycles. The molecular weight excluding hydrogens is 319 g/mol. The Morgan fingerprint density at radius 3 is 2.15 bits per heavy atom. The van der Waals surface area contributed by atoms with E-state index in [1.807, 2.05) is 12.1 Å². The van der Waals surface area contributed by atoms with E-state index in [0.29, 0.717) is 38.0 Å². The average Bonchev–Trinajstić information content (AvgIpc) is 2.91. The first kappa shape index (κ1) is 13.4. The quantitative estimate of drug-likeness (QED) is 0.636. The van der Waals surface area contributed by atoms with Gasteiger partial charge in [-0.05, 0) is 30.3 Å². The van der Waals surface area contributed by atoms with E-state index in [9.17, 15) is 0 Å². The molecule has 0 spiro atoms. The Morgan fingerprint density at radius 2 is 1.40 bits per heavy atom. The van der Waals surface area contributed by atoms with E-state index in [0.717, 1.165) is 0 Å². The lowest BCUT2D eigenvalue weighted by Gasteiger charge is -2.00. The highest BCUT2D eigenvalue weighted by Gasteiger charge is 2.15. The van der Waals surface area contributed by atoms with Crippen LogP contribution in [0.1, 0.15) is 0 Å². The van der Waals surface area contributed by atoms with Crippen molar-refractivity contribution >= 4 is 34.8 Å². The van der Waals surface area contributed by atoms with E-state index in [-0.39, 0.29) is 0 Å². The molecule has 0 aliphatic carbocycles. The number of rotatable bonds is 2. The first-order valence-electron chi connectivity index (χ1n) is 5.69. The number of benzene rings is 2. The highest BCUT2D eigenvalue weighted by molar-refractivity contribution is 6.35. The van der Waals surface area contributed by atoms with Crippen molar-refractivity contribution in [1.29, 1.82) is 0 Å². The molecule has 0 aliphatic heterocycles. The molecule has 100 valence electrons. The molecule has 0 radical (unpaired) electrons. The van der Waals surface area contributed by atoms with Crippen LogP contribution in [0, 0.1) is 0 Å². The van der Waals surface area contributed by atoms with Crippen LogP contribution in [0.2, 0.25) is 15.1 Å². The number of nitrogens with zero attached hydrogens (tertiary/aromatic N) is 2. The Bertz CT molecular complexity index is 771. The zero-order chi connectivity index (χ0) is 14.1. The highest BCUT2D eigenvalue weighted by atomic mass is 35.5. The normalized spacial score (nSPS) is 10.8. The number of halogens is 3. The van der Waals surface area contributed by atoms with E-state index in [1.165, 1.54) is 0 Å². The van der Waals surface area contributed by atoms with E-state index in [4.69, 9.17) is 39.2 Å². The van der Waals surface area contributed by atoms with Crippen LogP contribution in [-0.4, -0.2) is 10.2 Å². The van der Waals surface area contributed by atoms with E-state index < -0.39 is 0 Å². The third kappa shape index (κ3) is 2.52. The average molecular weight is 326 g/mol. The second-order valence-electron chi connectivity index (χ2n) is 4.02. The van der Waals surface area contributed by atoms with Crippen LogP contribution in [0.4, 0.5) is 0 Å². The molecule has 0 saturated heterocycles. The number of hydrogen-bond donors (Lipinski definition) is 0. The molecule has 3 aromatic rings. The van der Waals surface area contributed by atoms with Gasteiger partial charge in [-0.15, -0.1) is 10.2 Å². The van der Waals surface area contributed by atoms with Crippen LogP contribution >= 0.6 is 34.8 Å². The van der Waals surface area contributed by atoms with Crippen LogP contribution in [0.25, 0.3) is 22.9 Å². The second-order valence-corrected chi connectivity index (χ2v) is 5.27. The second kappa shape index (κ2) is 5.44. The van der Waals surface area contributed by atoms with E-state index in [2.05, 4.69) is 10.2 Å². The first-order valence-corrected chi connectivity index (χ1v) is 6.82. The van der Waals surface area contributed by atoms with Crippen molar-refractivity contribution in [1.82, 2.24) is 10.2 Å². The largest absolute Gasteiger partial charge is 0.416 e. The van der Waals surface area contributed by atoms with Gasteiger partial charge in [0.15, 0.2) is 0 Å². The van der Waals surface area contributed by atoms with Gasteiger partial charge in [0, 0.05) is 5.02 Å². The SMILES string of the molecule is Clc1ccc(Cl)c(-c2nnc(-c3ccccc3Cl)o2)c1. The fraction of sp³-hybridized carbons (Fsp3) is 0. The summed E-state index contributed by atoms with van der Waals surface area (Å²) < 4.78 is 5.62. The molecule has 0 bridgehead atoms. The summed E-state index contributed by atoms with van der Waals surface area (Å²) >= 11 is 18.1. The van der Waals surface area contributed by atoms with Crippen LogP contribution in [0.15, 0.2) is 46.9 Å². The third-order valence-corrected chi connectivity index (χ3v) is 3.58. The predicted octanol–water partition coefficient (Wildman–Crippen LogP) is 5.36. The van der Waals surface area contributed by atoms with Crippen LogP contribution < -0.4 is 0 Å². The summed E-state index contributed by atoms with van der Waals surface area (Å²) in [4.78, 5) is 0.